The fourth-order valence-corrected chi connectivity index (χ4v) is 2.62. The minimum Gasteiger partial charge on any atom is -0.493 e. The zero-order valence-electron chi connectivity index (χ0n) is 12.8. The molecule has 0 bridgehead atoms. The highest BCUT2D eigenvalue weighted by atomic mass is 16.5. The lowest BCUT2D eigenvalue weighted by atomic mass is 9.96. The van der Waals surface area contributed by atoms with Crippen LogP contribution in [0.5, 0.6) is 11.5 Å². The molecule has 0 saturated heterocycles. The Morgan fingerprint density at radius 2 is 1.86 bits per heavy atom. The molecule has 1 amide bonds. The number of carbonyl (C=O) groups is 1. The minimum atomic E-state index is -1.02. The van der Waals surface area contributed by atoms with E-state index < -0.39 is 11.4 Å². The van der Waals surface area contributed by atoms with Gasteiger partial charge in [0.1, 0.15) is 5.54 Å². The second kappa shape index (κ2) is 5.91. The summed E-state index contributed by atoms with van der Waals surface area (Å²) in [6, 6.07) is 4.00. The maximum absolute atomic E-state index is 11.4. The van der Waals surface area contributed by atoms with E-state index >= 15 is 0 Å². The monoisotopic (exact) mass is 293 g/mol. The number of nitrogens with zero attached hydrogens (tertiary/aromatic N) is 1. The molecule has 1 aromatic carbocycles. The summed E-state index contributed by atoms with van der Waals surface area (Å²) in [6.07, 6.45) is 0.879. The molecule has 116 valence electrons. The summed E-state index contributed by atoms with van der Waals surface area (Å²) in [5.41, 5.74) is 12.7. The Morgan fingerprint density at radius 1 is 1.29 bits per heavy atom. The van der Waals surface area contributed by atoms with Gasteiger partial charge in [-0.1, -0.05) is 0 Å². The van der Waals surface area contributed by atoms with Crippen LogP contribution in [-0.2, 0) is 17.8 Å². The molecule has 0 radical (unpaired) electrons. The third kappa shape index (κ3) is 3.28. The molecule has 1 aromatic rings. The smallest absolute Gasteiger partial charge is 0.238 e. The van der Waals surface area contributed by atoms with Crippen LogP contribution in [0.3, 0.4) is 0 Å². The molecule has 1 aliphatic rings. The number of nitrogens with two attached hydrogens (primary N) is 2. The van der Waals surface area contributed by atoms with Crippen LogP contribution >= 0.6 is 0 Å². The number of carbonyl (C=O) groups excluding carboxylic acids is 1. The molecule has 1 aliphatic heterocycles. The number of fused-ring (bicyclic) bond motifs is 1. The molecular weight excluding hydrogens is 270 g/mol. The van der Waals surface area contributed by atoms with Crippen LogP contribution in [0.15, 0.2) is 12.1 Å². The molecule has 0 fully saturated rings. The second-order valence-corrected chi connectivity index (χ2v) is 5.72. The van der Waals surface area contributed by atoms with Crippen LogP contribution in [0.4, 0.5) is 0 Å². The van der Waals surface area contributed by atoms with E-state index in [2.05, 4.69) is 4.90 Å². The normalized spacial score (nSPS) is 17.7. The Morgan fingerprint density at radius 3 is 2.38 bits per heavy atom. The predicted molar refractivity (Wildman–Crippen MR) is 80.3 cm³/mol. The average Bonchev–Trinajstić information content (AvgIpc) is 2.45. The van der Waals surface area contributed by atoms with E-state index in [9.17, 15) is 4.79 Å². The van der Waals surface area contributed by atoms with Gasteiger partial charge >= 0.3 is 0 Å². The first-order valence-corrected chi connectivity index (χ1v) is 6.92. The number of ether oxygens (including phenoxy) is 2. The number of benzene rings is 1. The molecule has 1 atom stereocenters. The SMILES string of the molecule is COc1cc2c(cc1OC)CN(CC(C)(N)C(N)=O)CC2. The van der Waals surface area contributed by atoms with Gasteiger partial charge in [0.05, 0.1) is 14.2 Å². The van der Waals surface area contributed by atoms with Crippen LogP contribution < -0.4 is 20.9 Å². The van der Waals surface area contributed by atoms with Gasteiger partial charge in [0.25, 0.3) is 0 Å². The summed E-state index contributed by atoms with van der Waals surface area (Å²) in [5, 5.41) is 0. The molecule has 0 saturated carbocycles. The van der Waals surface area contributed by atoms with Crippen LogP contribution in [-0.4, -0.2) is 43.7 Å². The van der Waals surface area contributed by atoms with E-state index in [1.807, 2.05) is 12.1 Å². The van der Waals surface area contributed by atoms with Crippen molar-refractivity contribution in [3.63, 3.8) is 0 Å². The Bertz CT molecular complexity index is 543. The summed E-state index contributed by atoms with van der Waals surface area (Å²) in [6.45, 7) is 3.66. The second-order valence-electron chi connectivity index (χ2n) is 5.72. The van der Waals surface area contributed by atoms with Gasteiger partial charge in [0, 0.05) is 19.6 Å². The molecule has 1 heterocycles. The van der Waals surface area contributed by atoms with E-state index in [0.29, 0.717) is 12.3 Å². The lowest BCUT2D eigenvalue weighted by Crippen LogP contribution is -2.57. The maximum atomic E-state index is 11.4. The third-order valence-electron chi connectivity index (χ3n) is 3.91. The molecule has 4 N–H and O–H groups in total. The quantitative estimate of drug-likeness (QED) is 0.813. The molecule has 6 heteroatoms. The molecule has 0 aromatic heterocycles. The summed E-state index contributed by atoms with van der Waals surface area (Å²) < 4.78 is 10.7. The highest BCUT2D eigenvalue weighted by Crippen LogP contribution is 2.33. The minimum absolute atomic E-state index is 0.441. The van der Waals surface area contributed by atoms with Crippen molar-refractivity contribution in [3.8, 4) is 11.5 Å². The zero-order valence-corrected chi connectivity index (χ0v) is 12.8. The topological polar surface area (TPSA) is 90.8 Å². The number of primary amides is 1. The first-order chi connectivity index (χ1) is 9.87. The van der Waals surface area contributed by atoms with Gasteiger partial charge in [0.2, 0.25) is 5.91 Å². The molecule has 2 rings (SSSR count). The number of rotatable bonds is 5. The zero-order chi connectivity index (χ0) is 15.6. The van der Waals surface area contributed by atoms with E-state index in [0.717, 1.165) is 25.3 Å². The van der Waals surface area contributed by atoms with E-state index in [1.54, 1.807) is 21.1 Å². The van der Waals surface area contributed by atoms with Crippen molar-refractivity contribution in [1.82, 2.24) is 4.90 Å². The molecule has 0 aliphatic carbocycles. The average molecular weight is 293 g/mol. The standard InChI is InChI=1S/C15H23N3O3/c1-15(17,14(16)19)9-18-5-4-10-6-12(20-2)13(21-3)7-11(10)8-18/h6-7H,4-5,8-9,17H2,1-3H3,(H2,16,19). The Balaban J connectivity index is 2.18. The molecule has 1 unspecified atom stereocenters. The van der Waals surface area contributed by atoms with Crippen molar-refractivity contribution < 1.29 is 14.3 Å². The summed E-state index contributed by atoms with van der Waals surface area (Å²) >= 11 is 0. The molecular formula is C15H23N3O3. The van der Waals surface area contributed by atoms with Gasteiger partial charge in [-0.15, -0.1) is 0 Å². The van der Waals surface area contributed by atoms with E-state index in [1.165, 1.54) is 11.1 Å². The molecule has 21 heavy (non-hydrogen) atoms. The van der Waals surface area contributed by atoms with Crippen LogP contribution in [0.1, 0.15) is 18.1 Å². The van der Waals surface area contributed by atoms with Crippen LogP contribution in [0, 0.1) is 0 Å². The van der Waals surface area contributed by atoms with Gasteiger partial charge in [0.15, 0.2) is 11.5 Å². The van der Waals surface area contributed by atoms with Crippen LogP contribution in [0.25, 0.3) is 0 Å². The fourth-order valence-electron chi connectivity index (χ4n) is 2.62. The summed E-state index contributed by atoms with van der Waals surface area (Å²) in [4.78, 5) is 13.5. The first kappa shape index (κ1) is 15.6. The molecule has 0 spiro atoms. The van der Waals surface area contributed by atoms with Crippen LogP contribution in [0.2, 0.25) is 0 Å². The lowest BCUT2D eigenvalue weighted by molar-refractivity contribution is -0.123. The Labute approximate surface area is 125 Å². The summed E-state index contributed by atoms with van der Waals surface area (Å²) in [5.74, 6) is 0.967. The van der Waals surface area contributed by atoms with Crippen molar-refractivity contribution >= 4 is 5.91 Å². The number of hydrogen-bond donors (Lipinski definition) is 2. The van der Waals surface area contributed by atoms with Crippen molar-refractivity contribution in [1.29, 1.82) is 0 Å². The fraction of sp³-hybridized carbons (Fsp3) is 0.533. The van der Waals surface area contributed by atoms with Crippen molar-refractivity contribution in [3.05, 3.63) is 23.3 Å². The number of methoxy groups -OCH3 is 2. The van der Waals surface area contributed by atoms with Crippen molar-refractivity contribution in [2.45, 2.75) is 25.4 Å². The van der Waals surface area contributed by atoms with Crippen molar-refractivity contribution in [2.75, 3.05) is 27.3 Å². The number of amides is 1. The lowest BCUT2D eigenvalue weighted by Gasteiger charge is -2.34. The summed E-state index contributed by atoms with van der Waals surface area (Å²) in [7, 11) is 3.25. The van der Waals surface area contributed by atoms with Gasteiger partial charge in [-0.25, -0.2) is 0 Å². The largest absolute Gasteiger partial charge is 0.493 e. The Hall–Kier alpha value is -1.79. The first-order valence-electron chi connectivity index (χ1n) is 6.92. The molecule has 6 nitrogen and oxygen atoms in total. The van der Waals surface area contributed by atoms with Crippen molar-refractivity contribution in [2.24, 2.45) is 11.5 Å². The highest BCUT2D eigenvalue weighted by Gasteiger charge is 2.30. The van der Waals surface area contributed by atoms with Gasteiger partial charge in [-0.2, -0.15) is 0 Å². The van der Waals surface area contributed by atoms with E-state index in [4.69, 9.17) is 20.9 Å². The van der Waals surface area contributed by atoms with Gasteiger partial charge < -0.3 is 20.9 Å². The van der Waals surface area contributed by atoms with Gasteiger partial charge in [-0.3, -0.25) is 9.69 Å². The van der Waals surface area contributed by atoms with E-state index in [-0.39, 0.29) is 0 Å². The number of hydrogen-bond acceptors (Lipinski definition) is 5. The predicted octanol–water partition coefficient (Wildman–Crippen LogP) is 0.265. The Kier molecular flexibility index (Phi) is 4.39. The highest BCUT2D eigenvalue weighted by molar-refractivity contribution is 5.84. The van der Waals surface area contributed by atoms with Gasteiger partial charge in [-0.05, 0) is 36.6 Å². The maximum Gasteiger partial charge on any atom is 0.238 e. The third-order valence-corrected chi connectivity index (χ3v) is 3.91.